The number of benzene rings is 1. The summed E-state index contributed by atoms with van der Waals surface area (Å²) in [4.78, 5) is 11.9. The lowest BCUT2D eigenvalue weighted by Crippen LogP contribution is -2.28. The van der Waals surface area contributed by atoms with Crippen molar-refractivity contribution in [1.82, 2.24) is 10.5 Å². The summed E-state index contributed by atoms with van der Waals surface area (Å²) >= 11 is 5.58. The Morgan fingerprint density at radius 1 is 1.45 bits per heavy atom. The van der Waals surface area contributed by atoms with E-state index in [4.69, 9.17) is 16.1 Å². The number of rotatable bonds is 5. The van der Waals surface area contributed by atoms with E-state index in [1.165, 1.54) is 12.1 Å². The summed E-state index contributed by atoms with van der Waals surface area (Å²) in [5.41, 5.74) is 0.461. The molecule has 1 aromatic heterocycles. The van der Waals surface area contributed by atoms with Crippen molar-refractivity contribution >= 4 is 17.5 Å². The van der Waals surface area contributed by atoms with Crippen LogP contribution >= 0.6 is 11.6 Å². The average molecular weight is 327 g/mol. The second-order valence-corrected chi connectivity index (χ2v) is 5.58. The van der Waals surface area contributed by atoms with E-state index in [1.807, 2.05) is 13.8 Å². The summed E-state index contributed by atoms with van der Waals surface area (Å²) in [5.74, 6) is -0.367. The fraction of sp³-hybridized carbons (Fsp3) is 0.333. The minimum Gasteiger partial charge on any atom is -0.387 e. The van der Waals surface area contributed by atoms with Crippen molar-refractivity contribution in [2.75, 3.05) is 6.54 Å². The third-order valence-corrected chi connectivity index (χ3v) is 3.42. The van der Waals surface area contributed by atoms with Crippen molar-refractivity contribution < 1.29 is 18.8 Å². The molecular weight excluding hydrogens is 311 g/mol. The molecule has 2 aromatic rings. The average Bonchev–Trinajstić information content (AvgIpc) is 2.97. The van der Waals surface area contributed by atoms with Gasteiger partial charge >= 0.3 is 0 Å². The molecule has 1 amide bonds. The first-order valence-corrected chi connectivity index (χ1v) is 7.14. The Morgan fingerprint density at radius 2 is 2.18 bits per heavy atom. The number of amides is 1. The van der Waals surface area contributed by atoms with Crippen molar-refractivity contribution in [1.29, 1.82) is 0 Å². The van der Waals surface area contributed by atoms with Gasteiger partial charge in [0.25, 0.3) is 5.91 Å². The van der Waals surface area contributed by atoms with Gasteiger partial charge in [-0.05, 0) is 17.7 Å². The SMILES string of the molecule is CC(C)c1cc(C(=O)NCC(O)c2ccc(Cl)c(F)c2)no1. The normalized spacial score (nSPS) is 12.5. The number of nitrogens with one attached hydrogen (secondary N) is 1. The van der Waals surface area contributed by atoms with Crippen molar-refractivity contribution in [3.05, 3.63) is 52.1 Å². The number of aliphatic hydroxyl groups excluding tert-OH is 1. The Balaban J connectivity index is 1.96. The molecule has 0 aliphatic carbocycles. The summed E-state index contributed by atoms with van der Waals surface area (Å²) < 4.78 is 18.4. The van der Waals surface area contributed by atoms with E-state index in [2.05, 4.69) is 10.5 Å². The van der Waals surface area contributed by atoms with Crippen molar-refractivity contribution in [2.45, 2.75) is 25.9 Å². The third-order valence-electron chi connectivity index (χ3n) is 3.11. The van der Waals surface area contributed by atoms with Crippen molar-refractivity contribution in [3.8, 4) is 0 Å². The summed E-state index contributed by atoms with van der Waals surface area (Å²) in [5, 5.41) is 16.1. The topological polar surface area (TPSA) is 75.4 Å². The first kappa shape index (κ1) is 16.5. The standard InChI is InChI=1S/C15H16ClFN2O3/c1-8(2)14-6-12(19-22-14)15(21)18-7-13(20)9-3-4-10(16)11(17)5-9/h3-6,8,13,20H,7H2,1-2H3,(H,18,21). The lowest BCUT2D eigenvalue weighted by molar-refractivity contribution is 0.0907. The van der Waals surface area contributed by atoms with Crippen LogP contribution in [-0.4, -0.2) is 22.7 Å². The molecule has 1 aromatic carbocycles. The highest BCUT2D eigenvalue weighted by Gasteiger charge is 2.16. The highest BCUT2D eigenvalue weighted by molar-refractivity contribution is 6.30. The van der Waals surface area contributed by atoms with Gasteiger partial charge in [0, 0.05) is 18.5 Å². The number of halogens is 2. The molecule has 5 nitrogen and oxygen atoms in total. The lowest BCUT2D eigenvalue weighted by atomic mass is 10.1. The molecule has 0 aliphatic heterocycles. The maximum Gasteiger partial charge on any atom is 0.273 e. The van der Waals surface area contributed by atoms with E-state index in [0.29, 0.717) is 11.3 Å². The van der Waals surface area contributed by atoms with Crippen LogP contribution in [0.3, 0.4) is 0 Å². The smallest absolute Gasteiger partial charge is 0.273 e. The summed E-state index contributed by atoms with van der Waals surface area (Å²) in [6.07, 6.45) is -1.05. The zero-order valence-electron chi connectivity index (χ0n) is 12.1. The first-order valence-electron chi connectivity index (χ1n) is 6.76. The van der Waals surface area contributed by atoms with E-state index >= 15 is 0 Å². The highest BCUT2D eigenvalue weighted by atomic mass is 35.5. The molecule has 1 atom stereocenters. The zero-order chi connectivity index (χ0) is 16.3. The number of nitrogens with zero attached hydrogens (tertiary/aromatic N) is 1. The molecule has 118 valence electrons. The molecule has 22 heavy (non-hydrogen) atoms. The van der Waals surface area contributed by atoms with Gasteiger partial charge in [-0.3, -0.25) is 4.79 Å². The monoisotopic (exact) mass is 326 g/mol. The molecule has 0 fully saturated rings. The van der Waals surface area contributed by atoms with Gasteiger partial charge in [0.15, 0.2) is 5.69 Å². The lowest BCUT2D eigenvalue weighted by Gasteiger charge is -2.12. The van der Waals surface area contributed by atoms with Crippen LogP contribution < -0.4 is 5.32 Å². The van der Waals surface area contributed by atoms with Crippen LogP contribution in [-0.2, 0) is 0 Å². The number of carbonyl (C=O) groups excluding carboxylic acids is 1. The number of aliphatic hydroxyl groups is 1. The van der Waals surface area contributed by atoms with Gasteiger partial charge in [-0.15, -0.1) is 0 Å². The number of hydrogen-bond acceptors (Lipinski definition) is 4. The van der Waals surface area contributed by atoms with Crippen LogP contribution in [0.25, 0.3) is 0 Å². The van der Waals surface area contributed by atoms with Crippen LogP contribution in [0.5, 0.6) is 0 Å². The van der Waals surface area contributed by atoms with Crippen LogP contribution in [0.1, 0.15) is 47.7 Å². The summed E-state index contributed by atoms with van der Waals surface area (Å²) in [6, 6.07) is 5.53. The molecular formula is C15H16ClFN2O3. The molecule has 0 saturated carbocycles. The Kier molecular flexibility index (Phi) is 5.15. The quantitative estimate of drug-likeness (QED) is 0.885. The number of aromatic nitrogens is 1. The van der Waals surface area contributed by atoms with Gasteiger partial charge in [0.1, 0.15) is 11.6 Å². The predicted molar refractivity (Wildman–Crippen MR) is 79.3 cm³/mol. The number of hydrogen-bond donors (Lipinski definition) is 2. The maximum absolute atomic E-state index is 13.3. The van der Waals surface area contributed by atoms with Crippen LogP contribution in [0.15, 0.2) is 28.8 Å². The molecule has 2 rings (SSSR count). The Bertz CT molecular complexity index is 673. The Hall–Kier alpha value is -1.92. The molecule has 2 N–H and O–H groups in total. The van der Waals surface area contributed by atoms with E-state index < -0.39 is 17.8 Å². The van der Waals surface area contributed by atoms with Gasteiger partial charge in [0.05, 0.1) is 11.1 Å². The van der Waals surface area contributed by atoms with Gasteiger partial charge < -0.3 is 14.9 Å². The molecule has 1 unspecified atom stereocenters. The molecule has 0 spiro atoms. The first-order chi connectivity index (χ1) is 10.4. The van der Waals surface area contributed by atoms with E-state index in [1.54, 1.807) is 6.07 Å². The Morgan fingerprint density at radius 3 is 2.77 bits per heavy atom. The minimum atomic E-state index is -1.05. The van der Waals surface area contributed by atoms with Crippen molar-refractivity contribution in [2.24, 2.45) is 0 Å². The van der Waals surface area contributed by atoms with Gasteiger partial charge in [0.2, 0.25) is 0 Å². The largest absolute Gasteiger partial charge is 0.387 e. The van der Waals surface area contributed by atoms with Crippen LogP contribution in [0.2, 0.25) is 5.02 Å². The molecule has 1 heterocycles. The third kappa shape index (κ3) is 3.84. The number of carbonyl (C=O) groups is 1. The molecule has 0 saturated heterocycles. The molecule has 0 aliphatic rings. The molecule has 7 heteroatoms. The molecule has 0 bridgehead atoms. The second-order valence-electron chi connectivity index (χ2n) is 5.17. The molecule has 0 radical (unpaired) electrons. The summed E-state index contributed by atoms with van der Waals surface area (Å²) in [7, 11) is 0. The highest BCUT2D eigenvalue weighted by Crippen LogP contribution is 2.20. The van der Waals surface area contributed by atoms with Crippen molar-refractivity contribution in [3.63, 3.8) is 0 Å². The maximum atomic E-state index is 13.3. The predicted octanol–water partition coefficient (Wildman–Crippen LogP) is 3.05. The second kappa shape index (κ2) is 6.89. The minimum absolute atomic E-state index is 0.0243. The fourth-order valence-corrected chi connectivity index (χ4v) is 1.90. The zero-order valence-corrected chi connectivity index (χ0v) is 12.9. The van der Waals surface area contributed by atoms with Crippen LogP contribution in [0, 0.1) is 5.82 Å². The van der Waals surface area contributed by atoms with E-state index in [0.717, 1.165) is 6.07 Å². The van der Waals surface area contributed by atoms with E-state index in [-0.39, 0.29) is 23.2 Å². The van der Waals surface area contributed by atoms with Crippen LogP contribution in [0.4, 0.5) is 4.39 Å². The Labute approximate surface area is 132 Å². The fourth-order valence-electron chi connectivity index (χ4n) is 1.79. The van der Waals surface area contributed by atoms with Gasteiger partial charge in [-0.25, -0.2) is 4.39 Å². The van der Waals surface area contributed by atoms with Gasteiger partial charge in [-0.1, -0.05) is 36.7 Å². The summed E-state index contributed by atoms with van der Waals surface area (Å²) in [6.45, 7) is 3.76. The van der Waals surface area contributed by atoms with Gasteiger partial charge in [-0.2, -0.15) is 0 Å². The van der Waals surface area contributed by atoms with E-state index in [9.17, 15) is 14.3 Å².